The van der Waals surface area contributed by atoms with Crippen LogP contribution in [0.4, 0.5) is 0 Å². The Balaban J connectivity index is 2.58. The van der Waals surface area contributed by atoms with E-state index in [1.54, 1.807) is 55.4 Å². The topological polar surface area (TPSA) is 114 Å². The van der Waals surface area contributed by atoms with Crippen molar-refractivity contribution in [2.24, 2.45) is 23.7 Å². The van der Waals surface area contributed by atoms with E-state index >= 15 is 0 Å². The molecule has 39 heavy (non-hydrogen) atoms. The molecule has 1 saturated heterocycles. The molecule has 0 radical (unpaired) electrons. The van der Waals surface area contributed by atoms with E-state index in [-0.39, 0.29) is 6.61 Å². The average molecular weight is 567 g/mol. The van der Waals surface area contributed by atoms with Gasteiger partial charge in [0.2, 0.25) is 0 Å². The van der Waals surface area contributed by atoms with Gasteiger partial charge in [-0.25, -0.2) is 0 Å². The molecule has 1 aromatic carbocycles. The second-order valence-electron chi connectivity index (χ2n) is 10.9. The van der Waals surface area contributed by atoms with Crippen LogP contribution in [-0.2, 0) is 42.9 Å². The fourth-order valence-corrected chi connectivity index (χ4v) is 4.51. The third-order valence-electron chi connectivity index (χ3n) is 5.90. The Hall–Kier alpha value is -2.59. The van der Waals surface area contributed by atoms with Gasteiger partial charge in [-0.2, -0.15) is 0 Å². The number of hydrogen-bond donors (Lipinski definition) is 0. The van der Waals surface area contributed by atoms with Gasteiger partial charge in [-0.3, -0.25) is 19.2 Å². The summed E-state index contributed by atoms with van der Waals surface area (Å²) in [6.07, 6.45) is -4.50. The van der Waals surface area contributed by atoms with Gasteiger partial charge in [0.15, 0.2) is 18.3 Å². The summed E-state index contributed by atoms with van der Waals surface area (Å²) in [7, 11) is 0. The van der Waals surface area contributed by atoms with Crippen LogP contribution in [0, 0.1) is 30.6 Å². The molecule has 0 N–H and O–H groups in total. The minimum absolute atomic E-state index is 0.251. The van der Waals surface area contributed by atoms with E-state index in [4.69, 9.17) is 23.7 Å². The first-order chi connectivity index (χ1) is 18.2. The molecule has 1 aliphatic rings. The number of esters is 4. The largest absolute Gasteiger partial charge is 0.463 e. The lowest BCUT2D eigenvalue weighted by molar-refractivity contribution is -0.242. The summed E-state index contributed by atoms with van der Waals surface area (Å²) < 4.78 is 29.4. The van der Waals surface area contributed by atoms with E-state index in [1.807, 2.05) is 31.2 Å². The first-order valence-corrected chi connectivity index (χ1v) is 14.3. The molecule has 0 spiro atoms. The minimum Gasteiger partial charge on any atom is -0.463 e. The number of aryl methyl sites for hydroxylation is 1. The smallest absolute Gasteiger partial charge is 0.308 e. The average Bonchev–Trinajstić information content (AvgIpc) is 2.86. The summed E-state index contributed by atoms with van der Waals surface area (Å²) in [5, 5.41) is 0. The molecule has 1 aromatic rings. The van der Waals surface area contributed by atoms with Crippen LogP contribution in [0.2, 0.25) is 0 Å². The molecule has 2 rings (SSSR count). The zero-order chi connectivity index (χ0) is 29.4. The van der Waals surface area contributed by atoms with Crippen LogP contribution < -0.4 is 0 Å². The van der Waals surface area contributed by atoms with Crippen molar-refractivity contribution in [1.82, 2.24) is 0 Å². The molecule has 218 valence electrons. The highest BCUT2D eigenvalue weighted by atomic mass is 32.2. The molecule has 1 fully saturated rings. The van der Waals surface area contributed by atoms with Crippen LogP contribution in [0.25, 0.3) is 0 Å². The van der Waals surface area contributed by atoms with Gasteiger partial charge in [0.25, 0.3) is 0 Å². The fraction of sp³-hybridized carbons (Fsp3) is 0.655. The summed E-state index contributed by atoms with van der Waals surface area (Å²) in [5.74, 6) is -3.97. The van der Waals surface area contributed by atoms with E-state index in [1.165, 1.54) is 11.8 Å². The highest BCUT2D eigenvalue weighted by Gasteiger charge is 2.53. The SMILES string of the molecule is Cc1ccc(S[C@@H]2O[C@H](COC(=O)C(C)C)[C@@H](OC(=O)C(C)C)[C@H](OC(=O)C(C)C)[C@H]2OC(=O)C(C)C)cc1. The van der Waals surface area contributed by atoms with Crippen LogP contribution in [0.1, 0.15) is 61.0 Å². The second-order valence-corrected chi connectivity index (χ2v) is 12.1. The summed E-state index contributed by atoms with van der Waals surface area (Å²) in [4.78, 5) is 51.6. The van der Waals surface area contributed by atoms with Crippen molar-refractivity contribution >= 4 is 35.6 Å². The fourth-order valence-electron chi connectivity index (χ4n) is 3.40. The highest BCUT2D eigenvalue weighted by molar-refractivity contribution is 7.99. The Morgan fingerprint density at radius 2 is 1.13 bits per heavy atom. The number of hydrogen-bond acceptors (Lipinski definition) is 10. The van der Waals surface area contributed by atoms with Crippen LogP contribution in [0.3, 0.4) is 0 Å². The van der Waals surface area contributed by atoms with E-state index in [0.717, 1.165) is 10.5 Å². The van der Waals surface area contributed by atoms with Gasteiger partial charge < -0.3 is 23.7 Å². The van der Waals surface area contributed by atoms with Gasteiger partial charge in [-0.15, -0.1) is 0 Å². The first-order valence-electron chi connectivity index (χ1n) is 13.4. The number of thioether (sulfide) groups is 1. The molecule has 1 aliphatic heterocycles. The quantitative estimate of drug-likeness (QED) is 0.275. The lowest BCUT2D eigenvalue weighted by Crippen LogP contribution is -2.62. The molecule has 0 unspecified atom stereocenters. The molecular weight excluding hydrogens is 524 g/mol. The third kappa shape index (κ3) is 9.53. The van der Waals surface area contributed by atoms with Crippen molar-refractivity contribution < 1.29 is 42.9 Å². The summed E-state index contributed by atoms with van der Waals surface area (Å²) in [6, 6.07) is 7.67. The maximum Gasteiger partial charge on any atom is 0.308 e. The minimum atomic E-state index is -1.20. The molecule has 10 heteroatoms. The van der Waals surface area contributed by atoms with Gasteiger partial charge in [-0.05, 0) is 19.1 Å². The maximum atomic E-state index is 12.9. The van der Waals surface area contributed by atoms with Crippen molar-refractivity contribution in [1.29, 1.82) is 0 Å². The summed E-state index contributed by atoms with van der Waals surface area (Å²) in [5.41, 5.74) is 0.201. The van der Waals surface area contributed by atoms with Crippen LogP contribution in [0.15, 0.2) is 29.2 Å². The summed E-state index contributed by atoms with van der Waals surface area (Å²) in [6.45, 7) is 15.2. The Morgan fingerprint density at radius 3 is 1.59 bits per heavy atom. The number of carbonyl (C=O) groups is 4. The number of benzene rings is 1. The summed E-state index contributed by atoms with van der Waals surface area (Å²) >= 11 is 1.27. The van der Waals surface area contributed by atoms with E-state index in [2.05, 4.69) is 0 Å². The highest BCUT2D eigenvalue weighted by Crippen LogP contribution is 2.38. The first kappa shape index (κ1) is 32.6. The van der Waals surface area contributed by atoms with Crippen molar-refractivity contribution in [3.05, 3.63) is 29.8 Å². The Bertz CT molecular complexity index is 987. The van der Waals surface area contributed by atoms with Gasteiger partial charge in [0.1, 0.15) is 18.1 Å². The van der Waals surface area contributed by atoms with Crippen LogP contribution in [0.5, 0.6) is 0 Å². The molecule has 0 aromatic heterocycles. The molecule has 0 bridgehead atoms. The Labute approximate surface area is 235 Å². The van der Waals surface area contributed by atoms with Gasteiger partial charge in [-0.1, -0.05) is 84.8 Å². The van der Waals surface area contributed by atoms with Crippen LogP contribution in [-0.4, -0.2) is 60.3 Å². The van der Waals surface area contributed by atoms with Crippen molar-refractivity contribution in [3.8, 4) is 0 Å². The molecule has 0 amide bonds. The standard InChI is InChI=1S/C29H42O9S/c1-15(2)25(30)34-14-21-22(36-26(31)16(3)4)23(37-27(32)17(5)6)24(38-28(33)18(7)8)29(35-21)39-20-12-10-19(9)11-13-20/h10-13,15-18,21-24,29H,14H2,1-9H3/t21-,22-,23+,24-,29+/m1/s1. The molecule has 0 aliphatic carbocycles. The number of ether oxygens (including phenoxy) is 5. The molecule has 0 saturated carbocycles. The van der Waals surface area contributed by atoms with E-state index in [0.29, 0.717) is 0 Å². The number of carbonyl (C=O) groups excluding carboxylic acids is 4. The zero-order valence-electron chi connectivity index (χ0n) is 24.3. The number of rotatable bonds is 11. The van der Waals surface area contributed by atoms with E-state index < -0.39 is 77.4 Å². The molecule has 9 nitrogen and oxygen atoms in total. The molecule has 1 heterocycles. The van der Waals surface area contributed by atoms with Crippen molar-refractivity contribution in [2.45, 2.75) is 97.1 Å². The Kier molecular flexibility index (Phi) is 12.3. The normalized spacial score (nSPS) is 23.2. The predicted octanol–water partition coefficient (Wildman–Crippen LogP) is 4.71. The predicted molar refractivity (Wildman–Crippen MR) is 146 cm³/mol. The van der Waals surface area contributed by atoms with Crippen LogP contribution >= 0.6 is 11.8 Å². The maximum absolute atomic E-state index is 12.9. The Morgan fingerprint density at radius 1 is 0.692 bits per heavy atom. The van der Waals surface area contributed by atoms with E-state index in [9.17, 15) is 19.2 Å². The lowest BCUT2D eigenvalue weighted by Gasteiger charge is -2.45. The monoisotopic (exact) mass is 566 g/mol. The molecule has 5 atom stereocenters. The zero-order valence-corrected chi connectivity index (χ0v) is 25.1. The van der Waals surface area contributed by atoms with Gasteiger partial charge >= 0.3 is 23.9 Å². The van der Waals surface area contributed by atoms with Crippen molar-refractivity contribution in [2.75, 3.05) is 6.61 Å². The van der Waals surface area contributed by atoms with Crippen molar-refractivity contribution in [3.63, 3.8) is 0 Å². The lowest BCUT2D eigenvalue weighted by atomic mass is 9.98. The third-order valence-corrected chi connectivity index (χ3v) is 7.05. The van der Waals surface area contributed by atoms with Gasteiger partial charge in [0, 0.05) is 4.90 Å². The van der Waals surface area contributed by atoms with Gasteiger partial charge in [0.05, 0.1) is 23.7 Å². The molecular formula is C29H42O9S. The second kappa shape index (κ2) is 14.7.